The summed E-state index contributed by atoms with van der Waals surface area (Å²) in [5.41, 5.74) is 0.641. The number of rotatable bonds is 5. The average Bonchev–Trinajstić information content (AvgIpc) is 2.97. The first-order chi connectivity index (χ1) is 11.1. The van der Waals surface area contributed by atoms with Gasteiger partial charge in [-0.25, -0.2) is 18.4 Å². The summed E-state index contributed by atoms with van der Waals surface area (Å²) < 4.78 is 29.0. The number of benzene rings is 1. The first-order valence-electron chi connectivity index (χ1n) is 6.46. The summed E-state index contributed by atoms with van der Waals surface area (Å²) in [5, 5.41) is 3.94. The zero-order valence-electron chi connectivity index (χ0n) is 11.7. The Morgan fingerprint density at radius 3 is 2.57 bits per heavy atom. The number of aromatic nitrogens is 5. The molecule has 0 saturated carbocycles. The standard InChI is InChI=1S/C13H11BrN6O2S/c14-11-5-2-1-4-10(11)8-23(21,22)19-13-17-9-18-20(13)12-15-6-3-7-16-12/h1-7,9H,8H2,(H,17,18,19). The second-order valence-electron chi connectivity index (χ2n) is 4.50. The maximum absolute atomic E-state index is 12.3. The Balaban J connectivity index is 1.85. The summed E-state index contributed by atoms with van der Waals surface area (Å²) in [6, 6.07) is 8.75. The topological polar surface area (TPSA) is 103 Å². The Kier molecular flexibility index (Phi) is 4.35. The average molecular weight is 395 g/mol. The molecule has 0 amide bonds. The van der Waals surface area contributed by atoms with Crippen LogP contribution in [0.5, 0.6) is 0 Å². The summed E-state index contributed by atoms with van der Waals surface area (Å²) in [5.74, 6) is 0.0588. The molecule has 23 heavy (non-hydrogen) atoms. The minimum Gasteiger partial charge on any atom is -0.251 e. The third-order valence-electron chi connectivity index (χ3n) is 2.84. The van der Waals surface area contributed by atoms with Gasteiger partial charge in [-0.3, -0.25) is 4.72 Å². The smallest absolute Gasteiger partial charge is 0.251 e. The van der Waals surface area contributed by atoms with Gasteiger partial charge in [-0.05, 0) is 17.7 Å². The molecule has 0 radical (unpaired) electrons. The fraction of sp³-hybridized carbons (Fsp3) is 0.0769. The SMILES string of the molecule is O=S(=O)(Cc1ccccc1Br)Nc1ncnn1-c1ncccn1. The maximum atomic E-state index is 12.3. The molecule has 8 nitrogen and oxygen atoms in total. The monoisotopic (exact) mass is 394 g/mol. The molecule has 10 heteroatoms. The molecular weight excluding hydrogens is 384 g/mol. The molecule has 3 aromatic rings. The van der Waals surface area contributed by atoms with Crippen molar-refractivity contribution in [2.45, 2.75) is 5.75 Å². The second-order valence-corrected chi connectivity index (χ2v) is 7.07. The lowest BCUT2D eigenvalue weighted by Crippen LogP contribution is -2.19. The number of sulfonamides is 1. The van der Waals surface area contributed by atoms with Gasteiger partial charge in [0.25, 0.3) is 5.95 Å². The van der Waals surface area contributed by atoms with Crippen molar-refractivity contribution in [1.82, 2.24) is 24.7 Å². The summed E-state index contributed by atoms with van der Waals surface area (Å²) in [6.07, 6.45) is 4.29. The van der Waals surface area contributed by atoms with Crippen LogP contribution in [0.4, 0.5) is 5.95 Å². The van der Waals surface area contributed by atoms with E-state index in [0.29, 0.717) is 5.56 Å². The fourth-order valence-corrected chi connectivity index (χ4v) is 3.61. The van der Waals surface area contributed by atoms with Crippen molar-refractivity contribution < 1.29 is 8.42 Å². The molecule has 1 aromatic carbocycles. The van der Waals surface area contributed by atoms with Gasteiger partial charge in [0.15, 0.2) is 0 Å². The van der Waals surface area contributed by atoms with E-state index >= 15 is 0 Å². The molecule has 0 aliphatic rings. The summed E-state index contributed by atoms with van der Waals surface area (Å²) in [7, 11) is -3.67. The van der Waals surface area contributed by atoms with Crippen molar-refractivity contribution in [1.29, 1.82) is 0 Å². The van der Waals surface area contributed by atoms with Crippen LogP contribution in [0.25, 0.3) is 5.95 Å². The van der Waals surface area contributed by atoms with E-state index in [-0.39, 0.29) is 17.6 Å². The minimum absolute atomic E-state index is 0.0308. The van der Waals surface area contributed by atoms with E-state index < -0.39 is 10.0 Å². The molecule has 0 spiro atoms. The molecule has 118 valence electrons. The van der Waals surface area contributed by atoms with Crippen LogP contribution in [-0.4, -0.2) is 33.2 Å². The summed E-state index contributed by atoms with van der Waals surface area (Å²) >= 11 is 3.33. The number of nitrogens with one attached hydrogen (secondary N) is 1. The van der Waals surface area contributed by atoms with Crippen LogP contribution in [0.15, 0.2) is 53.5 Å². The van der Waals surface area contributed by atoms with Gasteiger partial charge in [0.05, 0.1) is 5.75 Å². The lowest BCUT2D eigenvalue weighted by Gasteiger charge is -2.09. The fourth-order valence-electron chi connectivity index (χ4n) is 1.85. The van der Waals surface area contributed by atoms with Gasteiger partial charge < -0.3 is 0 Å². The van der Waals surface area contributed by atoms with Gasteiger partial charge in [-0.1, -0.05) is 34.1 Å². The first kappa shape index (κ1) is 15.6. The van der Waals surface area contributed by atoms with Gasteiger partial charge in [0.2, 0.25) is 16.0 Å². The number of hydrogen-bond acceptors (Lipinski definition) is 6. The number of nitrogens with zero attached hydrogens (tertiary/aromatic N) is 5. The van der Waals surface area contributed by atoms with E-state index in [1.165, 1.54) is 23.4 Å². The van der Waals surface area contributed by atoms with E-state index in [9.17, 15) is 8.42 Å². The third-order valence-corrected chi connectivity index (χ3v) is 4.80. The van der Waals surface area contributed by atoms with Crippen LogP contribution in [0.2, 0.25) is 0 Å². The Labute approximate surface area is 140 Å². The molecule has 3 rings (SSSR count). The van der Waals surface area contributed by atoms with E-state index in [1.54, 1.807) is 24.3 Å². The predicted octanol–water partition coefficient (Wildman–Crippen LogP) is 1.76. The van der Waals surface area contributed by atoms with E-state index in [2.05, 4.69) is 40.7 Å². The third kappa shape index (κ3) is 3.71. The summed E-state index contributed by atoms with van der Waals surface area (Å²) in [6.45, 7) is 0. The highest BCUT2D eigenvalue weighted by Crippen LogP contribution is 2.19. The van der Waals surface area contributed by atoms with Crippen molar-refractivity contribution in [2.75, 3.05) is 4.72 Å². The van der Waals surface area contributed by atoms with Crippen molar-refractivity contribution in [3.63, 3.8) is 0 Å². The largest absolute Gasteiger partial charge is 0.253 e. The van der Waals surface area contributed by atoms with Crippen LogP contribution < -0.4 is 4.72 Å². The highest BCUT2D eigenvalue weighted by atomic mass is 79.9. The normalized spacial score (nSPS) is 11.3. The van der Waals surface area contributed by atoms with Crippen LogP contribution in [0, 0.1) is 0 Å². The lowest BCUT2D eigenvalue weighted by atomic mass is 10.2. The molecular formula is C13H11BrN6O2S. The van der Waals surface area contributed by atoms with Crippen molar-refractivity contribution in [3.8, 4) is 5.95 Å². The predicted molar refractivity (Wildman–Crippen MR) is 87.3 cm³/mol. The number of hydrogen-bond donors (Lipinski definition) is 1. The van der Waals surface area contributed by atoms with Crippen molar-refractivity contribution in [3.05, 3.63) is 59.1 Å². The molecule has 0 atom stereocenters. The molecule has 0 aliphatic carbocycles. The summed E-state index contributed by atoms with van der Waals surface area (Å²) in [4.78, 5) is 11.9. The van der Waals surface area contributed by atoms with Gasteiger partial charge in [-0.2, -0.15) is 14.8 Å². The van der Waals surface area contributed by atoms with Gasteiger partial charge in [0.1, 0.15) is 6.33 Å². The molecule has 0 bridgehead atoms. The van der Waals surface area contributed by atoms with Crippen LogP contribution >= 0.6 is 15.9 Å². The molecule has 2 heterocycles. The first-order valence-corrected chi connectivity index (χ1v) is 8.91. The zero-order valence-corrected chi connectivity index (χ0v) is 14.1. The van der Waals surface area contributed by atoms with Crippen LogP contribution in [-0.2, 0) is 15.8 Å². The van der Waals surface area contributed by atoms with Gasteiger partial charge >= 0.3 is 0 Å². The number of halogens is 1. The number of anilines is 1. The molecule has 0 aliphatic heterocycles. The van der Waals surface area contributed by atoms with Crippen LogP contribution in [0.3, 0.4) is 0 Å². The molecule has 0 saturated heterocycles. The van der Waals surface area contributed by atoms with Crippen molar-refractivity contribution >= 4 is 31.9 Å². The quantitative estimate of drug-likeness (QED) is 0.706. The maximum Gasteiger partial charge on any atom is 0.253 e. The highest BCUT2D eigenvalue weighted by Gasteiger charge is 2.18. The van der Waals surface area contributed by atoms with E-state index in [1.807, 2.05) is 6.07 Å². The molecule has 0 unspecified atom stereocenters. The van der Waals surface area contributed by atoms with Crippen molar-refractivity contribution in [2.24, 2.45) is 0 Å². The van der Waals surface area contributed by atoms with Gasteiger partial charge in [-0.15, -0.1) is 0 Å². The molecule has 2 aromatic heterocycles. The minimum atomic E-state index is -3.67. The van der Waals surface area contributed by atoms with E-state index in [0.717, 1.165) is 4.47 Å². The Morgan fingerprint density at radius 2 is 1.83 bits per heavy atom. The Hall–Kier alpha value is -2.33. The van der Waals surface area contributed by atoms with E-state index in [4.69, 9.17) is 0 Å². The van der Waals surface area contributed by atoms with Gasteiger partial charge in [0, 0.05) is 16.9 Å². The highest BCUT2D eigenvalue weighted by molar-refractivity contribution is 9.10. The zero-order chi connectivity index (χ0) is 16.3. The van der Waals surface area contributed by atoms with Crippen LogP contribution in [0.1, 0.15) is 5.56 Å². The Bertz CT molecular complexity index is 913. The molecule has 1 N–H and O–H groups in total. The second kappa shape index (κ2) is 6.42. The Morgan fingerprint density at radius 1 is 1.09 bits per heavy atom. The molecule has 0 fully saturated rings. The lowest BCUT2D eigenvalue weighted by molar-refractivity contribution is 0.599.